The summed E-state index contributed by atoms with van der Waals surface area (Å²) >= 11 is 0.954. The van der Waals surface area contributed by atoms with Gasteiger partial charge < -0.3 is 5.73 Å². The van der Waals surface area contributed by atoms with Crippen LogP contribution in [0.3, 0.4) is 0 Å². The van der Waals surface area contributed by atoms with Crippen molar-refractivity contribution in [1.29, 1.82) is 0 Å². The number of carbonyl (C=O) groups excluding carboxylic acids is 1. The molecule has 0 spiro atoms. The fourth-order valence-electron chi connectivity index (χ4n) is 2.44. The van der Waals surface area contributed by atoms with Crippen LogP contribution in [-0.2, 0) is 0 Å². The highest BCUT2D eigenvalue weighted by atomic mass is 32.2. The molecule has 2 aromatic rings. The number of carbonyl (C=O) groups is 1. The Morgan fingerprint density at radius 3 is 2.52 bits per heavy atom. The number of allylic oxidation sites excluding steroid dienone is 1. The molecule has 0 aliphatic heterocycles. The second-order valence-electron chi connectivity index (χ2n) is 5.58. The van der Waals surface area contributed by atoms with Crippen molar-refractivity contribution in [2.75, 3.05) is 5.75 Å². The third-order valence-corrected chi connectivity index (χ3v) is 5.02. The van der Waals surface area contributed by atoms with Gasteiger partial charge in [-0.05, 0) is 54.5 Å². The van der Waals surface area contributed by atoms with Crippen molar-refractivity contribution in [3.05, 3.63) is 76.4 Å². The summed E-state index contributed by atoms with van der Waals surface area (Å²) in [6, 6.07) is 2.81. The standard InChI is InChI=1S/C18H15F5N2OS/c1-9-7-13(18(24)26)25-8-10(9)17(27-6-2-3-14(21)22)15-11(19)4-5-12(20)16(15)23/h3-5,7-8,17H,2,6H2,1H3,(H2,24,26). The quantitative estimate of drug-likeness (QED) is 0.407. The van der Waals surface area contributed by atoms with Crippen LogP contribution in [0.2, 0.25) is 0 Å². The highest BCUT2D eigenvalue weighted by Gasteiger charge is 2.26. The average Bonchev–Trinajstić information content (AvgIpc) is 2.60. The van der Waals surface area contributed by atoms with E-state index in [9.17, 15) is 26.7 Å². The molecule has 2 rings (SSSR count). The molecule has 1 aromatic heterocycles. The van der Waals surface area contributed by atoms with Gasteiger partial charge in [0.2, 0.25) is 0 Å². The van der Waals surface area contributed by atoms with E-state index in [1.165, 1.54) is 12.3 Å². The Bertz CT molecular complexity index is 884. The smallest absolute Gasteiger partial charge is 0.267 e. The number of hydrogen-bond acceptors (Lipinski definition) is 3. The Hall–Kier alpha value is -2.42. The number of amides is 1. The zero-order valence-electron chi connectivity index (χ0n) is 14.1. The van der Waals surface area contributed by atoms with E-state index in [1.54, 1.807) is 6.92 Å². The molecule has 0 radical (unpaired) electrons. The maximum absolute atomic E-state index is 14.3. The van der Waals surface area contributed by atoms with E-state index in [0.717, 1.165) is 17.8 Å². The third-order valence-electron chi connectivity index (χ3n) is 3.73. The van der Waals surface area contributed by atoms with Crippen molar-refractivity contribution >= 4 is 17.7 Å². The van der Waals surface area contributed by atoms with Gasteiger partial charge in [0.1, 0.15) is 11.5 Å². The number of nitrogens with zero attached hydrogens (tertiary/aromatic N) is 1. The summed E-state index contributed by atoms with van der Waals surface area (Å²) < 4.78 is 66.7. The van der Waals surface area contributed by atoms with Gasteiger partial charge in [0.25, 0.3) is 12.0 Å². The maximum atomic E-state index is 14.3. The van der Waals surface area contributed by atoms with E-state index in [0.29, 0.717) is 23.3 Å². The number of rotatable bonds is 7. The van der Waals surface area contributed by atoms with Gasteiger partial charge in [-0.2, -0.15) is 8.78 Å². The molecule has 2 N–H and O–H groups in total. The lowest BCUT2D eigenvalue weighted by Crippen LogP contribution is -2.15. The fraction of sp³-hybridized carbons (Fsp3) is 0.222. The van der Waals surface area contributed by atoms with Gasteiger partial charge in [-0.1, -0.05) is 0 Å². The van der Waals surface area contributed by atoms with Crippen LogP contribution < -0.4 is 5.73 Å². The first kappa shape index (κ1) is 20.9. The summed E-state index contributed by atoms with van der Waals surface area (Å²) in [5, 5.41) is -1.05. The summed E-state index contributed by atoms with van der Waals surface area (Å²) in [4.78, 5) is 15.1. The zero-order valence-corrected chi connectivity index (χ0v) is 14.9. The van der Waals surface area contributed by atoms with Crippen LogP contribution in [0.25, 0.3) is 0 Å². The number of halogens is 5. The molecule has 144 valence electrons. The average molecular weight is 402 g/mol. The topological polar surface area (TPSA) is 56.0 Å². The largest absolute Gasteiger partial charge is 0.364 e. The molecule has 1 aromatic carbocycles. The minimum Gasteiger partial charge on any atom is -0.364 e. The van der Waals surface area contributed by atoms with Crippen LogP contribution in [0, 0.1) is 24.4 Å². The number of benzene rings is 1. The first-order valence-electron chi connectivity index (χ1n) is 7.74. The number of primary amides is 1. The van der Waals surface area contributed by atoms with E-state index < -0.39 is 40.3 Å². The van der Waals surface area contributed by atoms with Gasteiger partial charge in [0.05, 0.1) is 5.25 Å². The van der Waals surface area contributed by atoms with Gasteiger partial charge in [0, 0.05) is 11.8 Å². The molecule has 3 nitrogen and oxygen atoms in total. The number of pyridine rings is 1. The van der Waals surface area contributed by atoms with Crippen LogP contribution in [0.4, 0.5) is 22.0 Å². The Labute approximate surface area is 156 Å². The van der Waals surface area contributed by atoms with Crippen LogP contribution in [-0.4, -0.2) is 16.6 Å². The van der Waals surface area contributed by atoms with Gasteiger partial charge in [-0.3, -0.25) is 9.78 Å². The van der Waals surface area contributed by atoms with Gasteiger partial charge in [-0.25, -0.2) is 13.2 Å². The van der Waals surface area contributed by atoms with Gasteiger partial charge in [-0.15, -0.1) is 11.8 Å². The molecule has 0 fully saturated rings. The maximum Gasteiger partial charge on any atom is 0.267 e. The van der Waals surface area contributed by atoms with Gasteiger partial charge >= 0.3 is 0 Å². The van der Waals surface area contributed by atoms with Crippen LogP contribution >= 0.6 is 11.8 Å². The molecule has 0 bridgehead atoms. The minimum atomic E-state index is -1.86. The Morgan fingerprint density at radius 1 is 1.26 bits per heavy atom. The Balaban J connectivity index is 2.49. The van der Waals surface area contributed by atoms with E-state index in [4.69, 9.17) is 5.73 Å². The molecule has 0 aliphatic carbocycles. The summed E-state index contributed by atoms with van der Waals surface area (Å²) in [5.41, 5.74) is 5.35. The summed E-state index contributed by atoms with van der Waals surface area (Å²) in [5.74, 6) is -4.25. The molecule has 0 saturated heterocycles. The van der Waals surface area contributed by atoms with Crippen LogP contribution in [0.5, 0.6) is 0 Å². The molecular formula is C18H15F5N2OS. The lowest BCUT2D eigenvalue weighted by molar-refractivity contribution is 0.0995. The van der Waals surface area contributed by atoms with Crippen molar-refractivity contribution in [1.82, 2.24) is 4.98 Å². The van der Waals surface area contributed by atoms with Crippen molar-refractivity contribution in [2.45, 2.75) is 18.6 Å². The van der Waals surface area contributed by atoms with Crippen molar-refractivity contribution in [2.24, 2.45) is 5.73 Å². The summed E-state index contributed by atoms with van der Waals surface area (Å²) in [7, 11) is 0. The highest BCUT2D eigenvalue weighted by molar-refractivity contribution is 7.99. The molecule has 1 atom stereocenters. The van der Waals surface area contributed by atoms with Crippen molar-refractivity contribution in [3.8, 4) is 0 Å². The predicted octanol–water partition coefficient (Wildman–Crippen LogP) is 4.90. The second kappa shape index (κ2) is 8.98. The molecule has 27 heavy (non-hydrogen) atoms. The number of hydrogen-bond donors (Lipinski definition) is 1. The first-order chi connectivity index (χ1) is 12.7. The van der Waals surface area contributed by atoms with E-state index in [2.05, 4.69) is 4.98 Å². The lowest BCUT2D eigenvalue weighted by atomic mass is 10.00. The summed E-state index contributed by atoms with van der Waals surface area (Å²) in [6.45, 7) is 1.58. The SMILES string of the molecule is Cc1cc(C(N)=O)ncc1C(SCCC=C(F)F)c1c(F)ccc(F)c1F. The molecule has 1 unspecified atom stereocenters. The minimum absolute atomic E-state index is 0.0392. The van der Waals surface area contributed by atoms with Crippen molar-refractivity contribution in [3.63, 3.8) is 0 Å². The molecule has 1 heterocycles. The third kappa shape index (κ3) is 5.06. The molecule has 0 saturated carbocycles. The van der Waals surface area contributed by atoms with E-state index in [1.807, 2.05) is 0 Å². The van der Waals surface area contributed by atoms with Gasteiger partial charge in [0.15, 0.2) is 11.6 Å². The lowest BCUT2D eigenvalue weighted by Gasteiger charge is -2.21. The number of nitrogens with two attached hydrogens (primary N) is 1. The fourth-order valence-corrected chi connectivity index (χ4v) is 3.74. The molecule has 9 heteroatoms. The molecule has 1 amide bonds. The Kier molecular flexibility index (Phi) is 6.95. The Morgan fingerprint density at radius 2 is 1.93 bits per heavy atom. The predicted molar refractivity (Wildman–Crippen MR) is 93.0 cm³/mol. The first-order valence-corrected chi connectivity index (χ1v) is 8.79. The van der Waals surface area contributed by atoms with Crippen molar-refractivity contribution < 1.29 is 26.7 Å². The number of aromatic nitrogens is 1. The highest BCUT2D eigenvalue weighted by Crippen LogP contribution is 2.40. The van der Waals surface area contributed by atoms with Crippen LogP contribution in [0.15, 0.2) is 36.6 Å². The number of thioether (sulfide) groups is 1. The normalized spacial score (nSPS) is 11.9. The molecule has 0 aliphatic rings. The number of aryl methyl sites for hydroxylation is 1. The summed E-state index contributed by atoms with van der Waals surface area (Å²) in [6.07, 6.45) is -0.000996. The second-order valence-corrected chi connectivity index (χ2v) is 6.79. The molecular weight excluding hydrogens is 387 g/mol. The monoisotopic (exact) mass is 402 g/mol. The van der Waals surface area contributed by atoms with E-state index in [-0.39, 0.29) is 17.9 Å². The van der Waals surface area contributed by atoms with Crippen LogP contribution in [0.1, 0.15) is 38.8 Å². The van der Waals surface area contributed by atoms with E-state index >= 15 is 0 Å². The zero-order chi connectivity index (χ0) is 20.1.